The number of rotatable bonds is 4. The Kier molecular flexibility index (Phi) is 4.42. The van der Waals surface area contributed by atoms with Crippen molar-refractivity contribution in [2.24, 2.45) is 0 Å². The van der Waals surface area contributed by atoms with Crippen molar-refractivity contribution in [3.8, 4) is 5.75 Å². The molecule has 1 saturated heterocycles. The summed E-state index contributed by atoms with van der Waals surface area (Å²) in [4.78, 5) is 2.45. The van der Waals surface area contributed by atoms with Gasteiger partial charge in [0.1, 0.15) is 11.6 Å². The zero-order valence-electron chi connectivity index (χ0n) is 12.0. The molecule has 0 saturated carbocycles. The summed E-state index contributed by atoms with van der Waals surface area (Å²) in [6.07, 6.45) is 0.810. The van der Waals surface area contributed by atoms with Crippen LogP contribution in [-0.2, 0) is 6.42 Å². The summed E-state index contributed by atoms with van der Waals surface area (Å²) >= 11 is 0. The molecule has 1 N–H and O–H groups in total. The molecule has 0 aliphatic carbocycles. The molecular formula is C15H23FN2O. The van der Waals surface area contributed by atoms with Gasteiger partial charge in [0.15, 0.2) is 0 Å². The van der Waals surface area contributed by atoms with Gasteiger partial charge in [-0.1, -0.05) is 0 Å². The van der Waals surface area contributed by atoms with Gasteiger partial charge in [0.25, 0.3) is 0 Å². The standard InChI is InChI=1S/C15H23FN2O/c1-15(2)11-17-7-9-18(15)8-6-12-10-13(16)4-5-14(12)19-3/h4-5,10,17H,6-9,11H2,1-3H3. The Morgan fingerprint density at radius 2 is 2.21 bits per heavy atom. The number of ether oxygens (including phenoxy) is 1. The maximum Gasteiger partial charge on any atom is 0.123 e. The number of nitrogens with one attached hydrogen (secondary N) is 1. The third-order valence-corrected chi connectivity index (χ3v) is 3.87. The Morgan fingerprint density at radius 1 is 1.42 bits per heavy atom. The lowest BCUT2D eigenvalue weighted by Gasteiger charge is -2.43. The molecule has 0 amide bonds. The van der Waals surface area contributed by atoms with Gasteiger partial charge in [0.2, 0.25) is 0 Å². The van der Waals surface area contributed by atoms with Crippen molar-refractivity contribution in [2.45, 2.75) is 25.8 Å². The van der Waals surface area contributed by atoms with Crippen molar-refractivity contribution in [1.82, 2.24) is 10.2 Å². The Balaban J connectivity index is 2.03. The molecule has 0 spiro atoms. The molecule has 0 atom stereocenters. The van der Waals surface area contributed by atoms with Crippen LogP contribution in [0.5, 0.6) is 5.75 Å². The Labute approximate surface area is 114 Å². The van der Waals surface area contributed by atoms with Gasteiger partial charge in [-0.15, -0.1) is 0 Å². The van der Waals surface area contributed by atoms with Crippen molar-refractivity contribution in [3.63, 3.8) is 0 Å². The molecule has 1 fully saturated rings. The summed E-state index contributed by atoms with van der Waals surface area (Å²) in [6.45, 7) is 8.44. The molecule has 1 aromatic carbocycles. The van der Waals surface area contributed by atoms with Gasteiger partial charge < -0.3 is 10.1 Å². The summed E-state index contributed by atoms with van der Waals surface area (Å²) in [5, 5.41) is 3.41. The fourth-order valence-electron chi connectivity index (χ4n) is 2.64. The third-order valence-electron chi connectivity index (χ3n) is 3.87. The molecule has 0 aromatic heterocycles. The Hall–Kier alpha value is -1.13. The molecule has 0 bridgehead atoms. The van der Waals surface area contributed by atoms with E-state index in [1.54, 1.807) is 19.2 Å². The molecule has 0 unspecified atom stereocenters. The normalized spacial score (nSPS) is 19.4. The van der Waals surface area contributed by atoms with Crippen molar-refractivity contribution in [2.75, 3.05) is 33.3 Å². The highest BCUT2D eigenvalue weighted by atomic mass is 19.1. The Morgan fingerprint density at radius 3 is 2.89 bits per heavy atom. The number of hydrogen-bond donors (Lipinski definition) is 1. The summed E-state index contributed by atoms with van der Waals surface area (Å²) in [5.74, 6) is 0.574. The minimum atomic E-state index is -0.199. The van der Waals surface area contributed by atoms with E-state index in [0.29, 0.717) is 0 Å². The van der Waals surface area contributed by atoms with Crippen LogP contribution in [-0.4, -0.2) is 43.7 Å². The van der Waals surface area contributed by atoms with Crippen LogP contribution in [0.15, 0.2) is 18.2 Å². The number of nitrogens with zero attached hydrogens (tertiary/aromatic N) is 1. The van der Waals surface area contributed by atoms with E-state index < -0.39 is 0 Å². The van der Waals surface area contributed by atoms with Crippen molar-refractivity contribution in [1.29, 1.82) is 0 Å². The molecule has 3 nitrogen and oxygen atoms in total. The van der Waals surface area contributed by atoms with Gasteiger partial charge in [0, 0.05) is 31.7 Å². The number of benzene rings is 1. The van der Waals surface area contributed by atoms with Crippen LogP contribution in [0.25, 0.3) is 0 Å². The fraction of sp³-hybridized carbons (Fsp3) is 0.600. The minimum absolute atomic E-state index is 0.152. The van der Waals surface area contributed by atoms with Crippen LogP contribution in [0, 0.1) is 5.82 Å². The molecule has 1 heterocycles. The summed E-state index contributed by atoms with van der Waals surface area (Å²) < 4.78 is 18.6. The van der Waals surface area contributed by atoms with Crippen LogP contribution < -0.4 is 10.1 Å². The van der Waals surface area contributed by atoms with Gasteiger partial charge in [0.05, 0.1) is 7.11 Å². The van der Waals surface area contributed by atoms with E-state index in [4.69, 9.17) is 4.74 Å². The topological polar surface area (TPSA) is 24.5 Å². The summed E-state index contributed by atoms with van der Waals surface area (Å²) in [6, 6.07) is 4.72. The second kappa shape index (κ2) is 5.88. The fourth-order valence-corrected chi connectivity index (χ4v) is 2.64. The van der Waals surface area contributed by atoms with E-state index in [9.17, 15) is 4.39 Å². The number of halogens is 1. The highest BCUT2D eigenvalue weighted by Gasteiger charge is 2.29. The first-order chi connectivity index (χ1) is 9.03. The quantitative estimate of drug-likeness (QED) is 0.903. The van der Waals surface area contributed by atoms with E-state index in [-0.39, 0.29) is 11.4 Å². The average Bonchev–Trinajstić information content (AvgIpc) is 2.37. The van der Waals surface area contributed by atoms with Crippen molar-refractivity contribution >= 4 is 0 Å². The second-order valence-electron chi connectivity index (χ2n) is 5.68. The molecule has 1 aliphatic rings. The largest absolute Gasteiger partial charge is 0.496 e. The van der Waals surface area contributed by atoms with Gasteiger partial charge in [-0.25, -0.2) is 4.39 Å². The number of methoxy groups -OCH3 is 1. The molecule has 106 valence electrons. The average molecular weight is 266 g/mol. The predicted molar refractivity (Wildman–Crippen MR) is 75.2 cm³/mol. The zero-order valence-corrected chi connectivity index (χ0v) is 12.0. The third kappa shape index (κ3) is 3.45. The summed E-state index contributed by atoms with van der Waals surface area (Å²) in [7, 11) is 1.63. The van der Waals surface area contributed by atoms with E-state index in [2.05, 4.69) is 24.1 Å². The van der Waals surface area contributed by atoms with Crippen LogP contribution in [0.2, 0.25) is 0 Å². The molecule has 19 heavy (non-hydrogen) atoms. The van der Waals surface area contributed by atoms with Gasteiger partial charge >= 0.3 is 0 Å². The van der Waals surface area contributed by atoms with Crippen molar-refractivity contribution in [3.05, 3.63) is 29.6 Å². The highest BCUT2D eigenvalue weighted by molar-refractivity contribution is 5.34. The SMILES string of the molecule is COc1ccc(F)cc1CCN1CCNCC1(C)C. The lowest BCUT2D eigenvalue weighted by Crippen LogP contribution is -2.58. The molecule has 1 aliphatic heterocycles. The van der Waals surface area contributed by atoms with Gasteiger partial charge in [-0.3, -0.25) is 4.90 Å². The Bertz CT molecular complexity index is 434. The van der Waals surface area contributed by atoms with Crippen LogP contribution >= 0.6 is 0 Å². The highest BCUT2D eigenvalue weighted by Crippen LogP contribution is 2.22. The number of piperazine rings is 1. The predicted octanol–water partition coefficient (Wildman–Crippen LogP) is 2.06. The lowest BCUT2D eigenvalue weighted by molar-refractivity contribution is 0.0919. The molecule has 2 rings (SSSR count). The molecule has 0 radical (unpaired) electrons. The molecule has 1 aromatic rings. The van der Waals surface area contributed by atoms with Gasteiger partial charge in [-0.05, 0) is 44.0 Å². The maximum absolute atomic E-state index is 13.3. The molecular weight excluding hydrogens is 243 g/mol. The monoisotopic (exact) mass is 266 g/mol. The van der Waals surface area contributed by atoms with E-state index >= 15 is 0 Å². The first kappa shape index (κ1) is 14.3. The zero-order chi connectivity index (χ0) is 13.9. The minimum Gasteiger partial charge on any atom is -0.496 e. The van der Waals surface area contributed by atoms with Gasteiger partial charge in [-0.2, -0.15) is 0 Å². The smallest absolute Gasteiger partial charge is 0.123 e. The molecule has 4 heteroatoms. The van der Waals surface area contributed by atoms with E-state index in [1.165, 1.54) is 6.07 Å². The summed E-state index contributed by atoms with van der Waals surface area (Å²) in [5.41, 5.74) is 1.09. The first-order valence-corrected chi connectivity index (χ1v) is 6.81. The number of hydrogen-bond acceptors (Lipinski definition) is 3. The second-order valence-corrected chi connectivity index (χ2v) is 5.68. The van der Waals surface area contributed by atoms with E-state index in [1.807, 2.05) is 0 Å². The first-order valence-electron chi connectivity index (χ1n) is 6.81. The van der Waals surface area contributed by atoms with Crippen LogP contribution in [0.1, 0.15) is 19.4 Å². The van der Waals surface area contributed by atoms with Crippen molar-refractivity contribution < 1.29 is 9.13 Å². The lowest BCUT2D eigenvalue weighted by atomic mass is 9.99. The van der Waals surface area contributed by atoms with Crippen LogP contribution in [0.4, 0.5) is 4.39 Å². The maximum atomic E-state index is 13.3. The van der Waals surface area contributed by atoms with Crippen LogP contribution in [0.3, 0.4) is 0 Å². The van der Waals surface area contributed by atoms with E-state index in [0.717, 1.165) is 43.9 Å².